The van der Waals surface area contributed by atoms with E-state index in [0.29, 0.717) is 24.6 Å². The highest BCUT2D eigenvalue weighted by molar-refractivity contribution is 7.09. The van der Waals surface area contributed by atoms with Crippen LogP contribution in [-0.4, -0.2) is 34.8 Å². The molecule has 0 aliphatic rings. The monoisotopic (exact) mass is 452 g/mol. The van der Waals surface area contributed by atoms with Crippen LogP contribution in [0.5, 0.6) is 5.88 Å². The van der Waals surface area contributed by atoms with Crippen molar-refractivity contribution >= 4 is 11.3 Å². The van der Waals surface area contributed by atoms with Crippen molar-refractivity contribution in [2.45, 2.75) is 52.5 Å². The van der Waals surface area contributed by atoms with E-state index in [-0.39, 0.29) is 17.5 Å². The first-order chi connectivity index (χ1) is 15.5. The van der Waals surface area contributed by atoms with Crippen molar-refractivity contribution in [1.29, 1.82) is 0 Å². The number of thiazole rings is 1. The minimum Gasteiger partial charge on any atom is -0.493 e. The molecule has 0 saturated heterocycles. The maximum atomic E-state index is 13.6. The van der Waals surface area contributed by atoms with Crippen molar-refractivity contribution in [3.05, 3.63) is 68.2 Å². The van der Waals surface area contributed by atoms with Crippen LogP contribution in [0.3, 0.4) is 0 Å². The van der Waals surface area contributed by atoms with E-state index in [0.717, 1.165) is 29.1 Å². The Morgan fingerprint density at radius 2 is 2.12 bits per heavy atom. The molecule has 0 aromatic carbocycles. The summed E-state index contributed by atoms with van der Waals surface area (Å²) in [7, 11) is 0. The van der Waals surface area contributed by atoms with Gasteiger partial charge in [0.25, 0.3) is 11.4 Å². The van der Waals surface area contributed by atoms with E-state index in [1.54, 1.807) is 17.0 Å². The number of pyridine rings is 1. The Morgan fingerprint density at radius 3 is 2.81 bits per heavy atom. The summed E-state index contributed by atoms with van der Waals surface area (Å²) in [6.45, 7) is 5.88. The van der Waals surface area contributed by atoms with E-state index in [9.17, 15) is 9.90 Å². The van der Waals surface area contributed by atoms with E-state index in [1.807, 2.05) is 31.4 Å². The topological polar surface area (TPSA) is 120 Å². The van der Waals surface area contributed by atoms with Crippen LogP contribution in [0.1, 0.15) is 60.7 Å². The molecule has 1 unspecified atom stereocenters. The summed E-state index contributed by atoms with van der Waals surface area (Å²) >= 11 is 1.53. The van der Waals surface area contributed by atoms with E-state index in [4.69, 9.17) is 4.42 Å². The molecule has 0 radical (unpaired) electrons. The maximum absolute atomic E-state index is 13.6. The van der Waals surface area contributed by atoms with Gasteiger partial charge in [-0.2, -0.15) is 4.98 Å². The molecule has 0 aliphatic heterocycles. The zero-order valence-electron chi connectivity index (χ0n) is 18.1. The summed E-state index contributed by atoms with van der Waals surface area (Å²) in [4.78, 5) is 26.5. The fraction of sp³-hybridized carbons (Fsp3) is 0.364. The summed E-state index contributed by atoms with van der Waals surface area (Å²) in [6.07, 6.45) is 6.07. The van der Waals surface area contributed by atoms with Gasteiger partial charge in [0.05, 0.1) is 23.2 Å². The second kappa shape index (κ2) is 9.39. The predicted molar refractivity (Wildman–Crippen MR) is 120 cm³/mol. The van der Waals surface area contributed by atoms with Crippen molar-refractivity contribution < 1.29 is 9.52 Å². The standard InChI is InChI=1S/C22H24N6O3S/c1-4-5-8-17-25-20(29)19(22(30)28(17)13(2)15-7-6-9-23-11-15)21-27-26-18(31-21)10-16-12-32-14(3)24-16/h6-7,9,11-13,29H,4-5,8,10H2,1-3H3. The number of rotatable bonds is 8. The van der Waals surface area contributed by atoms with Crippen molar-refractivity contribution in [2.75, 3.05) is 0 Å². The van der Waals surface area contributed by atoms with Crippen LogP contribution in [0, 0.1) is 6.92 Å². The summed E-state index contributed by atoms with van der Waals surface area (Å²) in [5.74, 6) is 0.352. The second-order valence-corrected chi connectivity index (χ2v) is 8.57. The third-order valence-corrected chi connectivity index (χ3v) is 5.98. The molecule has 0 aliphatic carbocycles. The molecule has 4 aromatic rings. The molecule has 10 heteroatoms. The molecule has 0 saturated carbocycles. The molecular formula is C22H24N6O3S. The first kappa shape index (κ1) is 21.8. The van der Waals surface area contributed by atoms with Gasteiger partial charge in [-0.15, -0.1) is 21.5 Å². The molecule has 4 rings (SSSR count). The van der Waals surface area contributed by atoms with Gasteiger partial charge in [-0.1, -0.05) is 19.4 Å². The number of aromatic nitrogens is 6. The number of aryl methyl sites for hydroxylation is 2. The van der Waals surface area contributed by atoms with Crippen molar-refractivity contribution in [3.63, 3.8) is 0 Å². The van der Waals surface area contributed by atoms with Gasteiger partial charge >= 0.3 is 0 Å². The number of unbranched alkanes of at least 4 members (excludes halogenated alkanes) is 1. The predicted octanol–water partition coefficient (Wildman–Crippen LogP) is 3.70. The summed E-state index contributed by atoms with van der Waals surface area (Å²) in [5.41, 5.74) is 1.13. The summed E-state index contributed by atoms with van der Waals surface area (Å²) in [5, 5.41) is 21.5. The Hall–Kier alpha value is -3.40. The average Bonchev–Trinajstić information content (AvgIpc) is 3.41. The molecule has 4 aromatic heterocycles. The van der Waals surface area contributed by atoms with E-state index < -0.39 is 11.4 Å². The van der Waals surface area contributed by atoms with Crippen LogP contribution in [0.4, 0.5) is 0 Å². The fourth-order valence-corrected chi connectivity index (χ4v) is 4.12. The fourth-order valence-electron chi connectivity index (χ4n) is 3.51. The van der Waals surface area contributed by atoms with Crippen molar-refractivity contribution in [3.8, 4) is 17.3 Å². The minimum atomic E-state index is -0.431. The van der Waals surface area contributed by atoms with Gasteiger partial charge in [-0.05, 0) is 31.9 Å². The minimum absolute atomic E-state index is 0.0591. The van der Waals surface area contributed by atoms with E-state index >= 15 is 0 Å². The van der Waals surface area contributed by atoms with Crippen LogP contribution in [0.2, 0.25) is 0 Å². The maximum Gasteiger partial charge on any atom is 0.270 e. The van der Waals surface area contributed by atoms with Gasteiger partial charge in [0.2, 0.25) is 11.8 Å². The highest BCUT2D eigenvalue weighted by Crippen LogP contribution is 2.27. The lowest BCUT2D eigenvalue weighted by Crippen LogP contribution is -2.30. The van der Waals surface area contributed by atoms with Crippen molar-refractivity contribution in [2.24, 2.45) is 0 Å². The number of nitrogens with zero attached hydrogens (tertiary/aromatic N) is 6. The third-order valence-electron chi connectivity index (χ3n) is 5.16. The molecule has 1 N–H and O–H groups in total. The molecular weight excluding hydrogens is 428 g/mol. The Balaban J connectivity index is 1.77. The van der Waals surface area contributed by atoms with Crippen LogP contribution in [-0.2, 0) is 12.8 Å². The molecule has 166 valence electrons. The Morgan fingerprint density at radius 1 is 1.28 bits per heavy atom. The number of hydrogen-bond donors (Lipinski definition) is 1. The summed E-state index contributed by atoms with van der Waals surface area (Å²) in [6, 6.07) is 3.39. The van der Waals surface area contributed by atoms with Gasteiger partial charge < -0.3 is 9.52 Å². The van der Waals surface area contributed by atoms with E-state index in [2.05, 4.69) is 32.1 Å². The van der Waals surface area contributed by atoms with Gasteiger partial charge in [-0.3, -0.25) is 14.3 Å². The quantitative estimate of drug-likeness (QED) is 0.430. The Bertz CT molecular complexity index is 1260. The largest absolute Gasteiger partial charge is 0.493 e. The smallest absolute Gasteiger partial charge is 0.270 e. The van der Waals surface area contributed by atoms with Crippen LogP contribution >= 0.6 is 11.3 Å². The molecule has 32 heavy (non-hydrogen) atoms. The first-order valence-corrected chi connectivity index (χ1v) is 11.3. The number of aromatic hydroxyl groups is 1. The Kier molecular flexibility index (Phi) is 6.40. The molecule has 0 spiro atoms. The molecule has 0 bridgehead atoms. The van der Waals surface area contributed by atoms with Crippen LogP contribution in [0.25, 0.3) is 11.5 Å². The van der Waals surface area contributed by atoms with E-state index in [1.165, 1.54) is 11.3 Å². The van der Waals surface area contributed by atoms with Gasteiger partial charge in [0, 0.05) is 24.2 Å². The molecule has 4 heterocycles. The number of hydrogen-bond acceptors (Lipinski definition) is 9. The van der Waals surface area contributed by atoms with Crippen LogP contribution < -0.4 is 5.56 Å². The average molecular weight is 453 g/mol. The van der Waals surface area contributed by atoms with Crippen LogP contribution in [0.15, 0.2) is 39.1 Å². The van der Waals surface area contributed by atoms with Crippen molar-refractivity contribution in [1.82, 2.24) is 29.7 Å². The summed E-state index contributed by atoms with van der Waals surface area (Å²) < 4.78 is 7.30. The Labute approximate surface area is 188 Å². The van der Waals surface area contributed by atoms with Gasteiger partial charge in [0.1, 0.15) is 5.82 Å². The normalized spacial score (nSPS) is 12.2. The van der Waals surface area contributed by atoms with Gasteiger partial charge in [0.15, 0.2) is 5.56 Å². The zero-order chi connectivity index (χ0) is 22.7. The first-order valence-electron chi connectivity index (χ1n) is 10.5. The highest BCUT2D eigenvalue weighted by Gasteiger charge is 2.25. The lowest BCUT2D eigenvalue weighted by atomic mass is 10.1. The molecule has 1 atom stereocenters. The third kappa shape index (κ3) is 4.45. The zero-order valence-corrected chi connectivity index (χ0v) is 19.0. The lowest BCUT2D eigenvalue weighted by Gasteiger charge is -2.20. The molecule has 9 nitrogen and oxygen atoms in total. The van der Waals surface area contributed by atoms with Gasteiger partial charge in [-0.25, -0.2) is 4.98 Å². The molecule has 0 amide bonds. The molecule has 0 fully saturated rings. The second-order valence-electron chi connectivity index (χ2n) is 7.50. The lowest BCUT2D eigenvalue weighted by molar-refractivity contribution is 0.431. The highest BCUT2D eigenvalue weighted by atomic mass is 32.1. The SMILES string of the molecule is CCCCc1nc(O)c(-c2nnc(Cc3csc(C)n3)o2)c(=O)n1C(C)c1cccnc1.